The molecule has 2 heterocycles. The number of pyridine rings is 1. The van der Waals surface area contributed by atoms with E-state index in [4.69, 9.17) is 0 Å². The zero-order chi connectivity index (χ0) is 17.6. The molecule has 0 fully saturated rings. The van der Waals surface area contributed by atoms with Gasteiger partial charge in [-0.1, -0.05) is 0 Å². The number of carbonyl (C=O) groups is 1. The minimum Gasteiger partial charge on any atom is -0.319 e. The van der Waals surface area contributed by atoms with E-state index in [-0.39, 0.29) is 5.56 Å². The Morgan fingerprint density at radius 3 is 2.58 bits per heavy atom. The molecule has 5 nitrogen and oxygen atoms in total. The number of benzene rings is 1. The number of halogens is 3. The lowest BCUT2D eigenvalue weighted by molar-refractivity contribution is 0.102. The number of nitrogens with zero attached hydrogens (tertiary/aromatic N) is 3. The highest BCUT2D eigenvalue weighted by Gasteiger charge is 2.20. The Hall–Kier alpha value is -2.90. The quantitative estimate of drug-likeness (QED) is 0.732. The molecule has 8 heteroatoms. The van der Waals surface area contributed by atoms with Gasteiger partial charge in [-0.2, -0.15) is 5.10 Å². The van der Waals surface area contributed by atoms with Crippen molar-refractivity contribution in [2.24, 2.45) is 7.05 Å². The number of carbonyl (C=O) groups excluding carboxylic acids is 1. The zero-order valence-corrected chi connectivity index (χ0v) is 13.1. The average molecular weight is 334 g/mol. The van der Waals surface area contributed by atoms with E-state index in [0.717, 1.165) is 12.1 Å². The molecule has 0 saturated heterocycles. The normalized spacial score (nSPS) is 11.1. The Labute approximate surface area is 135 Å². The molecule has 1 N–H and O–H groups in total. The number of amides is 1. The molecular weight excluding hydrogens is 321 g/mol. The molecule has 0 unspecified atom stereocenters. The summed E-state index contributed by atoms with van der Waals surface area (Å²) in [7, 11) is 1.69. The van der Waals surface area contributed by atoms with Gasteiger partial charge in [0, 0.05) is 12.7 Å². The second-order valence-corrected chi connectivity index (χ2v) is 5.40. The van der Waals surface area contributed by atoms with Gasteiger partial charge in [0.05, 0.1) is 22.3 Å². The number of rotatable bonds is 2. The first-order chi connectivity index (χ1) is 11.3. The predicted molar refractivity (Wildman–Crippen MR) is 82.3 cm³/mol. The van der Waals surface area contributed by atoms with Crippen molar-refractivity contribution in [1.29, 1.82) is 0 Å². The predicted octanol–water partition coefficient (Wildman–Crippen LogP) is 3.25. The first-order valence-corrected chi connectivity index (χ1v) is 7.05. The fourth-order valence-corrected chi connectivity index (χ4v) is 2.56. The number of anilines is 1. The Morgan fingerprint density at radius 2 is 1.88 bits per heavy atom. The van der Waals surface area contributed by atoms with Gasteiger partial charge in [0.25, 0.3) is 5.91 Å². The van der Waals surface area contributed by atoms with Gasteiger partial charge in [-0.3, -0.25) is 9.48 Å². The van der Waals surface area contributed by atoms with Crippen molar-refractivity contribution < 1.29 is 18.0 Å². The van der Waals surface area contributed by atoms with Crippen LogP contribution in [0, 0.1) is 31.3 Å². The standard InChI is InChI=1S/C16H13F3N4O/c1-7-6-9(12-8(2)22-23(3)15(12)20-7)16(24)21-11-5-4-10(17)13(18)14(11)19/h4-6H,1-3H3,(H,21,24). The number of hydrogen-bond acceptors (Lipinski definition) is 3. The fourth-order valence-electron chi connectivity index (χ4n) is 2.56. The van der Waals surface area contributed by atoms with E-state index in [1.165, 1.54) is 10.7 Å². The first kappa shape index (κ1) is 16.0. The van der Waals surface area contributed by atoms with E-state index < -0.39 is 29.0 Å². The van der Waals surface area contributed by atoms with Gasteiger partial charge in [-0.05, 0) is 32.0 Å². The lowest BCUT2D eigenvalue weighted by Gasteiger charge is -2.09. The smallest absolute Gasteiger partial charge is 0.256 e. The van der Waals surface area contributed by atoms with E-state index in [1.54, 1.807) is 20.9 Å². The molecule has 0 atom stereocenters. The number of aryl methyl sites for hydroxylation is 3. The third kappa shape index (κ3) is 2.49. The largest absolute Gasteiger partial charge is 0.319 e. The summed E-state index contributed by atoms with van der Waals surface area (Å²) in [4.78, 5) is 16.9. The van der Waals surface area contributed by atoms with Crippen molar-refractivity contribution in [3.8, 4) is 0 Å². The summed E-state index contributed by atoms with van der Waals surface area (Å²) in [5.41, 5.74) is 1.44. The molecule has 0 spiro atoms. The van der Waals surface area contributed by atoms with Crippen LogP contribution in [0.1, 0.15) is 21.7 Å². The Kier molecular flexibility index (Phi) is 3.75. The van der Waals surface area contributed by atoms with E-state index in [1.807, 2.05) is 0 Å². The molecule has 1 aromatic carbocycles. The van der Waals surface area contributed by atoms with Crippen LogP contribution in [-0.4, -0.2) is 20.7 Å². The minimum absolute atomic E-state index is 0.229. The number of aromatic nitrogens is 3. The molecule has 3 aromatic rings. The fraction of sp³-hybridized carbons (Fsp3) is 0.188. The van der Waals surface area contributed by atoms with E-state index in [2.05, 4.69) is 15.4 Å². The van der Waals surface area contributed by atoms with Crippen molar-refractivity contribution in [1.82, 2.24) is 14.8 Å². The van der Waals surface area contributed by atoms with Gasteiger partial charge in [0.2, 0.25) is 0 Å². The lowest BCUT2D eigenvalue weighted by atomic mass is 10.1. The lowest BCUT2D eigenvalue weighted by Crippen LogP contribution is -2.15. The maximum absolute atomic E-state index is 13.8. The van der Waals surface area contributed by atoms with Crippen LogP contribution >= 0.6 is 0 Å². The molecule has 0 bridgehead atoms. The molecular formula is C16H13F3N4O. The summed E-state index contributed by atoms with van der Waals surface area (Å²) in [5, 5.41) is 7.00. The minimum atomic E-state index is -1.64. The number of fused-ring (bicyclic) bond motifs is 1. The van der Waals surface area contributed by atoms with Crippen LogP contribution in [0.5, 0.6) is 0 Å². The van der Waals surface area contributed by atoms with Crippen LogP contribution in [0.4, 0.5) is 18.9 Å². The van der Waals surface area contributed by atoms with Crippen LogP contribution in [-0.2, 0) is 7.05 Å². The number of hydrogen-bond donors (Lipinski definition) is 1. The molecule has 0 aliphatic heterocycles. The van der Waals surface area contributed by atoms with E-state index in [0.29, 0.717) is 22.4 Å². The molecule has 0 saturated carbocycles. The third-order valence-corrected chi connectivity index (χ3v) is 3.62. The highest BCUT2D eigenvalue weighted by Crippen LogP contribution is 2.24. The second-order valence-electron chi connectivity index (χ2n) is 5.40. The van der Waals surface area contributed by atoms with Crippen molar-refractivity contribution in [2.75, 3.05) is 5.32 Å². The average Bonchev–Trinajstić information content (AvgIpc) is 2.81. The summed E-state index contributed by atoms with van der Waals surface area (Å²) in [5.74, 6) is -5.07. The molecule has 1 amide bonds. The topological polar surface area (TPSA) is 59.8 Å². The number of nitrogens with one attached hydrogen (secondary N) is 1. The molecule has 0 radical (unpaired) electrons. The van der Waals surface area contributed by atoms with Crippen LogP contribution < -0.4 is 5.32 Å². The zero-order valence-electron chi connectivity index (χ0n) is 13.1. The highest BCUT2D eigenvalue weighted by molar-refractivity contribution is 6.12. The molecule has 24 heavy (non-hydrogen) atoms. The monoisotopic (exact) mass is 334 g/mol. The Balaban J connectivity index is 2.08. The van der Waals surface area contributed by atoms with E-state index >= 15 is 0 Å². The van der Waals surface area contributed by atoms with Crippen LogP contribution in [0.25, 0.3) is 11.0 Å². The third-order valence-electron chi connectivity index (χ3n) is 3.62. The summed E-state index contributed by atoms with van der Waals surface area (Å²) >= 11 is 0. The molecule has 0 aliphatic carbocycles. The highest BCUT2D eigenvalue weighted by atomic mass is 19.2. The van der Waals surface area contributed by atoms with Crippen molar-refractivity contribution in [2.45, 2.75) is 13.8 Å². The van der Waals surface area contributed by atoms with Gasteiger partial charge in [-0.25, -0.2) is 18.2 Å². The Bertz CT molecular complexity index is 981. The van der Waals surface area contributed by atoms with E-state index in [9.17, 15) is 18.0 Å². The molecule has 124 valence electrons. The van der Waals surface area contributed by atoms with Gasteiger partial charge < -0.3 is 5.32 Å². The maximum Gasteiger partial charge on any atom is 0.256 e. The summed E-state index contributed by atoms with van der Waals surface area (Å²) in [6.07, 6.45) is 0. The van der Waals surface area contributed by atoms with Gasteiger partial charge >= 0.3 is 0 Å². The van der Waals surface area contributed by atoms with Crippen LogP contribution in [0.2, 0.25) is 0 Å². The first-order valence-electron chi connectivity index (χ1n) is 7.05. The van der Waals surface area contributed by atoms with Gasteiger partial charge in [0.1, 0.15) is 0 Å². The summed E-state index contributed by atoms with van der Waals surface area (Å²) in [6.45, 7) is 3.42. The second kappa shape index (κ2) is 5.63. The maximum atomic E-state index is 13.8. The molecule has 3 rings (SSSR count). The summed E-state index contributed by atoms with van der Waals surface area (Å²) < 4.78 is 41.6. The van der Waals surface area contributed by atoms with Crippen LogP contribution in [0.3, 0.4) is 0 Å². The Morgan fingerprint density at radius 1 is 1.17 bits per heavy atom. The SMILES string of the molecule is Cc1cc(C(=O)Nc2ccc(F)c(F)c2F)c2c(C)nn(C)c2n1. The van der Waals surface area contributed by atoms with Crippen molar-refractivity contribution >= 4 is 22.6 Å². The molecule has 0 aliphatic rings. The van der Waals surface area contributed by atoms with Gasteiger partial charge in [0.15, 0.2) is 23.1 Å². The summed E-state index contributed by atoms with van der Waals surface area (Å²) in [6, 6.07) is 3.24. The van der Waals surface area contributed by atoms with Crippen molar-refractivity contribution in [3.63, 3.8) is 0 Å². The van der Waals surface area contributed by atoms with Crippen molar-refractivity contribution in [3.05, 3.63) is 52.6 Å². The molecule has 2 aromatic heterocycles. The van der Waals surface area contributed by atoms with Crippen LogP contribution in [0.15, 0.2) is 18.2 Å². The van der Waals surface area contributed by atoms with Gasteiger partial charge in [-0.15, -0.1) is 0 Å².